The second-order valence-electron chi connectivity index (χ2n) is 8.66. The summed E-state index contributed by atoms with van der Waals surface area (Å²) < 4.78 is 15.4. The summed E-state index contributed by atoms with van der Waals surface area (Å²) in [5.41, 5.74) is 4.51. The first-order chi connectivity index (χ1) is 17.4. The molecule has 0 spiro atoms. The fourth-order valence-electron chi connectivity index (χ4n) is 3.63. The summed E-state index contributed by atoms with van der Waals surface area (Å²) in [4.78, 5) is 35.3. The van der Waals surface area contributed by atoms with Crippen molar-refractivity contribution >= 4 is 29.4 Å². The van der Waals surface area contributed by atoms with Crippen molar-refractivity contribution in [3.63, 3.8) is 0 Å². The summed E-state index contributed by atoms with van der Waals surface area (Å²) in [6, 6.07) is 12.3. The molecule has 37 heavy (non-hydrogen) atoms. The van der Waals surface area contributed by atoms with Crippen LogP contribution in [0.4, 0.5) is 4.39 Å². The molecule has 1 heterocycles. The quantitative estimate of drug-likeness (QED) is 0.276. The molecule has 0 aliphatic heterocycles. The zero-order valence-corrected chi connectivity index (χ0v) is 20.8. The SMILES string of the molecule is CC(C)c1cc(C(=O)NN(Cc2ccc(-c3cc(Cl)ccc3F)cc2)C[C@@H](O)C(=O)O)nn1CC(=O)O. The number of aliphatic carboxylic acids is 2. The molecule has 0 aliphatic rings. The average Bonchev–Trinajstić information content (AvgIpc) is 3.24. The van der Waals surface area contributed by atoms with Gasteiger partial charge in [0, 0.05) is 22.8 Å². The number of amides is 1. The monoisotopic (exact) mass is 532 g/mol. The molecule has 1 amide bonds. The summed E-state index contributed by atoms with van der Waals surface area (Å²) in [7, 11) is 0. The van der Waals surface area contributed by atoms with Crippen LogP contribution in [0, 0.1) is 5.82 Å². The van der Waals surface area contributed by atoms with Gasteiger partial charge in [-0.15, -0.1) is 0 Å². The lowest BCUT2D eigenvalue weighted by Gasteiger charge is -2.24. The zero-order chi connectivity index (χ0) is 27.3. The Kier molecular flexibility index (Phi) is 8.98. The number of aliphatic hydroxyl groups excluding tert-OH is 1. The van der Waals surface area contributed by atoms with Gasteiger partial charge in [-0.2, -0.15) is 5.10 Å². The molecular weight excluding hydrogens is 507 g/mol. The minimum atomic E-state index is -1.80. The first-order valence-corrected chi connectivity index (χ1v) is 11.6. The van der Waals surface area contributed by atoms with E-state index in [2.05, 4.69) is 10.5 Å². The maximum Gasteiger partial charge on any atom is 0.333 e. The maximum atomic E-state index is 14.2. The third kappa shape index (κ3) is 7.35. The van der Waals surface area contributed by atoms with Crippen LogP contribution in [0.3, 0.4) is 0 Å². The number of aliphatic hydroxyl groups is 1. The lowest BCUT2D eigenvalue weighted by Crippen LogP contribution is -2.47. The molecule has 0 aliphatic carbocycles. The van der Waals surface area contributed by atoms with E-state index in [1.807, 2.05) is 13.8 Å². The summed E-state index contributed by atoms with van der Waals surface area (Å²) in [6.07, 6.45) is -1.80. The van der Waals surface area contributed by atoms with Crippen LogP contribution in [0.2, 0.25) is 5.02 Å². The molecule has 4 N–H and O–H groups in total. The van der Waals surface area contributed by atoms with E-state index in [0.29, 0.717) is 27.4 Å². The van der Waals surface area contributed by atoms with Crippen LogP contribution in [0.5, 0.6) is 0 Å². The number of hydrogen-bond acceptors (Lipinski definition) is 6. The minimum absolute atomic E-state index is 0.00125. The van der Waals surface area contributed by atoms with E-state index in [9.17, 15) is 23.9 Å². The Labute approximate surface area is 216 Å². The van der Waals surface area contributed by atoms with Crippen LogP contribution in [-0.2, 0) is 22.7 Å². The topological polar surface area (TPSA) is 145 Å². The van der Waals surface area contributed by atoms with Crippen molar-refractivity contribution in [3.05, 3.63) is 76.3 Å². The number of aromatic nitrogens is 2. The largest absolute Gasteiger partial charge is 0.480 e. The van der Waals surface area contributed by atoms with Crippen LogP contribution >= 0.6 is 11.6 Å². The Morgan fingerprint density at radius 1 is 1.11 bits per heavy atom. The van der Waals surface area contributed by atoms with E-state index in [0.717, 1.165) is 0 Å². The Hall–Kier alpha value is -3.80. The molecule has 0 bridgehead atoms. The second kappa shape index (κ2) is 12.0. The molecule has 196 valence electrons. The number of carbonyl (C=O) groups excluding carboxylic acids is 1. The third-order valence-electron chi connectivity index (χ3n) is 5.43. The van der Waals surface area contributed by atoms with E-state index in [1.165, 1.54) is 34.0 Å². The minimum Gasteiger partial charge on any atom is -0.480 e. The number of nitrogens with one attached hydrogen (secondary N) is 1. The van der Waals surface area contributed by atoms with Crippen molar-refractivity contribution in [2.75, 3.05) is 6.54 Å². The number of nitrogens with zero attached hydrogens (tertiary/aromatic N) is 3. The summed E-state index contributed by atoms with van der Waals surface area (Å²) in [5.74, 6) is -3.86. The first kappa shape index (κ1) is 27.8. The molecule has 3 aromatic rings. The molecule has 0 saturated carbocycles. The van der Waals surface area contributed by atoms with E-state index >= 15 is 0 Å². The third-order valence-corrected chi connectivity index (χ3v) is 5.66. The molecule has 3 rings (SSSR count). The molecule has 0 saturated heterocycles. The van der Waals surface area contributed by atoms with Gasteiger partial charge in [0.2, 0.25) is 0 Å². The first-order valence-electron chi connectivity index (χ1n) is 11.2. The van der Waals surface area contributed by atoms with E-state index in [4.69, 9.17) is 21.8 Å². The molecule has 1 aromatic heterocycles. The van der Waals surface area contributed by atoms with E-state index in [-0.39, 0.29) is 18.2 Å². The van der Waals surface area contributed by atoms with Gasteiger partial charge < -0.3 is 15.3 Å². The summed E-state index contributed by atoms with van der Waals surface area (Å²) >= 11 is 5.97. The van der Waals surface area contributed by atoms with Crippen LogP contribution in [-0.4, -0.2) is 60.6 Å². The van der Waals surface area contributed by atoms with Crippen molar-refractivity contribution in [1.82, 2.24) is 20.2 Å². The predicted molar refractivity (Wildman–Crippen MR) is 132 cm³/mol. The van der Waals surface area contributed by atoms with Gasteiger partial charge in [0.05, 0.1) is 6.54 Å². The highest BCUT2D eigenvalue weighted by molar-refractivity contribution is 6.30. The van der Waals surface area contributed by atoms with Crippen LogP contribution in [0.15, 0.2) is 48.5 Å². The van der Waals surface area contributed by atoms with Gasteiger partial charge in [-0.1, -0.05) is 49.7 Å². The van der Waals surface area contributed by atoms with Gasteiger partial charge >= 0.3 is 11.9 Å². The average molecular weight is 533 g/mol. The van der Waals surface area contributed by atoms with Crippen LogP contribution in [0.25, 0.3) is 11.1 Å². The molecule has 10 nitrogen and oxygen atoms in total. The van der Waals surface area contributed by atoms with Crippen molar-refractivity contribution in [2.45, 2.75) is 39.0 Å². The Morgan fingerprint density at radius 3 is 2.38 bits per heavy atom. The summed E-state index contributed by atoms with van der Waals surface area (Å²) in [6.45, 7) is 2.78. The zero-order valence-electron chi connectivity index (χ0n) is 20.1. The highest BCUT2D eigenvalue weighted by atomic mass is 35.5. The Bertz CT molecular complexity index is 1290. The molecule has 2 aromatic carbocycles. The smallest absolute Gasteiger partial charge is 0.333 e. The van der Waals surface area contributed by atoms with Crippen molar-refractivity contribution in [1.29, 1.82) is 0 Å². The highest BCUT2D eigenvalue weighted by Crippen LogP contribution is 2.26. The highest BCUT2D eigenvalue weighted by Gasteiger charge is 2.23. The Morgan fingerprint density at radius 2 is 1.78 bits per heavy atom. The van der Waals surface area contributed by atoms with E-state index < -0.39 is 42.9 Å². The summed E-state index contributed by atoms with van der Waals surface area (Å²) in [5, 5.41) is 33.8. The number of rotatable bonds is 11. The van der Waals surface area contributed by atoms with Crippen molar-refractivity contribution < 1.29 is 34.1 Å². The number of hydrazine groups is 1. The fourth-order valence-corrected chi connectivity index (χ4v) is 3.80. The van der Waals surface area contributed by atoms with Gasteiger partial charge in [0.25, 0.3) is 5.91 Å². The number of halogens is 2. The molecule has 1 atom stereocenters. The predicted octanol–water partition coefficient (Wildman–Crippen LogP) is 3.14. The fraction of sp³-hybridized carbons (Fsp3) is 0.280. The van der Waals surface area contributed by atoms with Gasteiger partial charge in [-0.25, -0.2) is 14.2 Å². The number of carboxylic acid groups (broad SMARTS) is 2. The molecule has 0 fully saturated rings. The standard InChI is InChI=1S/C25H26ClFN4O6/c1-14(2)21-10-20(28-31(21)13-23(33)34)24(35)29-30(12-22(32)25(36)37)11-15-3-5-16(6-4-15)18-9-17(26)7-8-19(18)27/h3-10,14,22,32H,11-13H2,1-2H3,(H,29,35)(H,33,34)(H,36,37)/t22-/m1/s1. The van der Waals surface area contributed by atoms with Gasteiger partial charge in [0.1, 0.15) is 12.4 Å². The van der Waals surface area contributed by atoms with E-state index in [1.54, 1.807) is 24.3 Å². The van der Waals surface area contributed by atoms with Crippen LogP contribution in [0.1, 0.15) is 41.5 Å². The molecule has 0 unspecified atom stereocenters. The molecular formula is C25H26ClFN4O6. The maximum absolute atomic E-state index is 14.2. The Balaban J connectivity index is 1.82. The van der Waals surface area contributed by atoms with Crippen LogP contribution < -0.4 is 5.43 Å². The normalized spacial score (nSPS) is 12.1. The van der Waals surface area contributed by atoms with Crippen molar-refractivity contribution in [3.8, 4) is 11.1 Å². The lowest BCUT2D eigenvalue weighted by atomic mass is 10.0. The van der Waals surface area contributed by atoms with Gasteiger partial charge in [0.15, 0.2) is 11.8 Å². The van der Waals surface area contributed by atoms with Gasteiger partial charge in [-0.05, 0) is 41.3 Å². The molecule has 12 heteroatoms. The number of hydrogen-bond donors (Lipinski definition) is 4. The second-order valence-corrected chi connectivity index (χ2v) is 9.09. The number of benzene rings is 2. The number of carboxylic acids is 2. The molecule has 0 radical (unpaired) electrons. The van der Waals surface area contributed by atoms with Crippen molar-refractivity contribution in [2.24, 2.45) is 0 Å². The number of carbonyl (C=O) groups is 3. The lowest BCUT2D eigenvalue weighted by molar-refractivity contribution is -0.148. The van der Waals surface area contributed by atoms with Gasteiger partial charge in [-0.3, -0.25) is 19.7 Å².